The zero-order valence-electron chi connectivity index (χ0n) is 17.0. The minimum absolute atomic E-state index is 0.00807. The molecular weight excluding hydrogens is 352 g/mol. The molecule has 0 aliphatic heterocycles. The topological polar surface area (TPSA) is 78.9 Å². The van der Waals surface area contributed by atoms with Crippen LogP contribution in [-0.2, 0) is 28.3 Å². The average Bonchev–Trinajstić information content (AvgIpc) is 3.05. The summed E-state index contributed by atoms with van der Waals surface area (Å²) in [5.41, 5.74) is -1.28. The Morgan fingerprint density at radius 1 is 1.12 bits per heavy atom. The number of carbonyl (C=O) groups excluding carboxylic acids is 3. The Hall–Kier alpha value is -1.21. The van der Waals surface area contributed by atoms with Gasteiger partial charge in [-0.05, 0) is 42.8 Å². The molecule has 26 heavy (non-hydrogen) atoms. The van der Waals surface area contributed by atoms with Crippen molar-refractivity contribution in [2.24, 2.45) is 23.2 Å². The molecule has 0 aromatic carbocycles. The fraction of sp³-hybridized carbons (Fsp3) is 0.842. The molecule has 1 unspecified atom stereocenters. The number of carbonyl (C=O) groups is 3. The molecular formula is C19H32O6Si. The van der Waals surface area contributed by atoms with Gasteiger partial charge >= 0.3 is 11.9 Å². The first kappa shape index (κ1) is 21.1. The van der Waals surface area contributed by atoms with Crippen molar-refractivity contribution in [1.82, 2.24) is 0 Å². The Bertz CT molecular complexity index is 575. The van der Waals surface area contributed by atoms with E-state index in [1.165, 1.54) is 14.2 Å². The van der Waals surface area contributed by atoms with E-state index < -0.39 is 25.7 Å². The van der Waals surface area contributed by atoms with Crippen molar-refractivity contribution in [3.8, 4) is 0 Å². The number of hydrogen-bond donors (Lipinski definition) is 0. The van der Waals surface area contributed by atoms with Gasteiger partial charge in [0.05, 0.1) is 14.2 Å². The van der Waals surface area contributed by atoms with Crippen LogP contribution < -0.4 is 0 Å². The number of hydrogen-bond acceptors (Lipinski definition) is 6. The Balaban J connectivity index is 2.19. The van der Waals surface area contributed by atoms with Crippen molar-refractivity contribution in [2.75, 3.05) is 20.8 Å². The van der Waals surface area contributed by atoms with E-state index in [4.69, 9.17) is 13.9 Å². The van der Waals surface area contributed by atoms with Crippen molar-refractivity contribution in [1.29, 1.82) is 0 Å². The minimum atomic E-state index is -1.97. The Kier molecular flexibility index (Phi) is 5.74. The van der Waals surface area contributed by atoms with E-state index in [2.05, 4.69) is 33.9 Å². The van der Waals surface area contributed by atoms with E-state index >= 15 is 0 Å². The number of esters is 2. The molecule has 0 bridgehead atoms. The average molecular weight is 385 g/mol. The lowest BCUT2D eigenvalue weighted by molar-refractivity contribution is -0.169. The second-order valence-corrected chi connectivity index (χ2v) is 14.1. The first-order valence-corrected chi connectivity index (χ1v) is 12.1. The Morgan fingerprint density at radius 3 is 2.12 bits per heavy atom. The Labute approximate surface area is 157 Å². The highest BCUT2D eigenvalue weighted by Crippen LogP contribution is 2.55. The van der Waals surface area contributed by atoms with Crippen LogP contribution in [0.2, 0.25) is 18.1 Å². The van der Waals surface area contributed by atoms with Crippen molar-refractivity contribution in [3.63, 3.8) is 0 Å². The normalized spacial score (nSPS) is 28.0. The number of fused-ring (bicyclic) bond motifs is 1. The second-order valence-electron chi connectivity index (χ2n) is 9.25. The molecule has 2 saturated carbocycles. The van der Waals surface area contributed by atoms with Crippen molar-refractivity contribution in [3.05, 3.63) is 0 Å². The van der Waals surface area contributed by atoms with Gasteiger partial charge in [0.1, 0.15) is 5.78 Å². The third kappa shape index (κ3) is 3.48. The number of methoxy groups -OCH3 is 2. The van der Waals surface area contributed by atoms with Crippen LogP contribution in [0.15, 0.2) is 0 Å². The zero-order valence-corrected chi connectivity index (χ0v) is 18.0. The minimum Gasteiger partial charge on any atom is -0.468 e. The summed E-state index contributed by atoms with van der Waals surface area (Å²) in [6, 6.07) is 0. The van der Waals surface area contributed by atoms with Crippen LogP contribution in [0.5, 0.6) is 0 Å². The lowest BCUT2D eigenvalue weighted by atomic mass is 9.82. The maximum atomic E-state index is 12.5. The maximum Gasteiger partial charge on any atom is 0.323 e. The highest BCUT2D eigenvalue weighted by molar-refractivity contribution is 6.74. The van der Waals surface area contributed by atoms with Crippen LogP contribution in [0.3, 0.4) is 0 Å². The Morgan fingerprint density at radius 2 is 1.65 bits per heavy atom. The molecule has 0 heterocycles. The van der Waals surface area contributed by atoms with E-state index in [0.717, 1.165) is 0 Å². The highest BCUT2D eigenvalue weighted by atomic mass is 28.4. The smallest absolute Gasteiger partial charge is 0.323 e. The molecule has 0 spiro atoms. The standard InChI is InChI=1S/C19H32O6Si/c1-18(2,3)26(6,7)25-11-14-13-10-19(16(21)23-4,17(22)24-5)9-12(13)8-15(14)20/h12-14H,8-11H2,1-7H3/t12?,13-,14-/m0/s1. The number of rotatable bonds is 5. The van der Waals surface area contributed by atoms with E-state index in [-0.39, 0.29) is 28.6 Å². The van der Waals surface area contributed by atoms with Gasteiger partial charge < -0.3 is 13.9 Å². The molecule has 0 aromatic heterocycles. The van der Waals surface area contributed by atoms with Crippen LogP contribution >= 0.6 is 0 Å². The second kappa shape index (κ2) is 7.07. The first-order valence-electron chi connectivity index (χ1n) is 9.23. The lowest BCUT2D eigenvalue weighted by Crippen LogP contribution is -2.43. The van der Waals surface area contributed by atoms with E-state index in [1.54, 1.807) is 0 Å². The van der Waals surface area contributed by atoms with E-state index in [0.29, 0.717) is 25.9 Å². The van der Waals surface area contributed by atoms with Gasteiger partial charge in [-0.1, -0.05) is 20.8 Å². The summed E-state index contributed by atoms with van der Waals surface area (Å²) in [7, 11) is 0.590. The predicted molar refractivity (Wildman–Crippen MR) is 98.9 cm³/mol. The van der Waals surface area contributed by atoms with Gasteiger partial charge in [0.25, 0.3) is 0 Å². The van der Waals surface area contributed by atoms with Crippen molar-refractivity contribution in [2.45, 2.75) is 58.2 Å². The maximum absolute atomic E-state index is 12.5. The zero-order chi connectivity index (χ0) is 19.9. The van der Waals surface area contributed by atoms with Gasteiger partial charge in [0, 0.05) is 18.9 Å². The van der Waals surface area contributed by atoms with E-state index in [9.17, 15) is 14.4 Å². The summed E-state index contributed by atoms with van der Waals surface area (Å²) in [6.07, 6.45) is 1.01. The summed E-state index contributed by atoms with van der Waals surface area (Å²) >= 11 is 0. The van der Waals surface area contributed by atoms with Crippen LogP contribution in [-0.4, -0.2) is 46.9 Å². The molecule has 2 aliphatic rings. The fourth-order valence-electron chi connectivity index (χ4n) is 4.13. The SMILES string of the molecule is COC(=O)C1(C(=O)OC)CC2CC(=O)[C@@H](CO[Si](C)(C)C(C)(C)C)[C@H]2C1. The summed E-state index contributed by atoms with van der Waals surface area (Å²) in [4.78, 5) is 37.3. The van der Waals surface area contributed by atoms with Crippen LogP contribution in [0.1, 0.15) is 40.0 Å². The molecule has 0 radical (unpaired) electrons. The molecule has 6 nitrogen and oxygen atoms in total. The van der Waals surface area contributed by atoms with Gasteiger partial charge in [0.2, 0.25) is 0 Å². The summed E-state index contributed by atoms with van der Waals surface area (Å²) in [5.74, 6) is -1.22. The van der Waals surface area contributed by atoms with Crippen LogP contribution in [0.25, 0.3) is 0 Å². The lowest BCUT2D eigenvalue weighted by Gasteiger charge is -2.37. The molecule has 2 fully saturated rings. The summed E-state index contributed by atoms with van der Waals surface area (Å²) < 4.78 is 16.1. The molecule has 0 aromatic rings. The van der Waals surface area contributed by atoms with Gasteiger partial charge in [0.15, 0.2) is 13.7 Å². The number of Topliss-reactive ketones (excluding diaryl/α,β-unsaturated/α-hetero) is 1. The molecule has 0 N–H and O–H groups in total. The highest BCUT2D eigenvalue weighted by Gasteiger charge is 2.62. The molecule has 3 atom stereocenters. The fourth-order valence-corrected chi connectivity index (χ4v) is 5.16. The van der Waals surface area contributed by atoms with Crippen LogP contribution in [0, 0.1) is 23.2 Å². The number of ketones is 1. The summed E-state index contributed by atoms with van der Waals surface area (Å²) in [5, 5.41) is 0.0610. The van der Waals surface area contributed by atoms with Gasteiger partial charge in [-0.15, -0.1) is 0 Å². The first-order chi connectivity index (χ1) is 11.9. The quantitative estimate of drug-likeness (QED) is 0.412. The molecule has 2 rings (SSSR count). The molecule has 7 heteroatoms. The predicted octanol–water partition coefficient (Wildman–Crippen LogP) is 2.96. The number of ether oxygens (including phenoxy) is 2. The molecule has 0 saturated heterocycles. The van der Waals surface area contributed by atoms with E-state index in [1.807, 2.05) is 0 Å². The monoisotopic (exact) mass is 384 g/mol. The third-order valence-electron chi connectivity index (χ3n) is 6.78. The van der Waals surface area contributed by atoms with Gasteiger partial charge in [-0.3, -0.25) is 14.4 Å². The summed E-state index contributed by atoms with van der Waals surface area (Å²) in [6.45, 7) is 11.2. The van der Waals surface area contributed by atoms with Gasteiger partial charge in [-0.25, -0.2) is 0 Å². The molecule has 148 valence electrons. The molecule has 2 aliphatic carbocycles. The van der Waals surface area contributed by atoms with Crippen LogP contribution in [0.4, 0.5) is 0 Å². The van der Waals surface area contributed by atoms with Crippen molar-refractivity contribution < 1.29 is 28.3 Å². The third-order valence-corrected chi connectivity index (χ3v) is 11.3. The molecule has 0 amide bonds. The largest absolute Gasteiger partial charge is 0.468 e. The van der Waals surface area contributed by atoms with Gasteiger partial charge in [-0.2, -0.15) is 0 Å². The van der Waals surface area contributed by atoms with Crippen molar-refractivity contribution >= 4 is 26.0 Å².